The van der Waals surface area contributed by atoms with Gasteiger partial charge in [0.05, 0.1) is 6.54 Å². The first-order valence-electron chi connectivity index (χ1n) is 6.17. The Hall–Kier alpha value is -2.63. The average molecular weight is 272 g/mol. The molecule has 0 radical (unpaired) electrons. The van der Waals surface area contributed by atoms with Gasteiger partial charge in [0, 0.05) is 30.7 Å². The zero-order chi connectivity index (χ0) is 14.5. The molecule has 2 rings (SSSR count). The van der Waals surface area contributed by atoms with Gasteiger partial charge < -0.3 is 15.2 Å². The van der Waals surface area contributed by atoms with Crippen molar-refractivity contribution in [2.45, 2.75) is 13.5 Å². The molecule has 1 aromatic carbocycles. The summed E-state index contributed by atoms with van der Waals surface area (Å²) in [4.78, 5) is 31.6. The second-order valence-corrected chi connectivity index (χ2v) is 4.46. The zero-order valence-corrected chi connectivity index (χ0v) is 11.4. The van der Waals surface area contributed by atoms with Gasteiger partial charge >= 0.3 is 6.03 Å². The molecule has 2 aromatic rings. The van der Waals surface area contributed by atoms with Gasteiger partial charge in [0.1, 0.15) is 5.82 Å². The molecule has 0 aliphatic heterocycles. The van der Waals surface area contributed by atoms with Crippen LogP contribution in [0.2, 0.25) is 0 Å². The van der Waals surface area contributed by atoms with Crippen molar-refractivity contribution in [3.05, 3.63) is 48.0 Å². The monoisotopic (exact) mass is 272 g/mol. The van der Waals surface area contributed by atoms with Crippen molar-refractivity contribution in [2.75, 3.05) is 12.4 Å². The number of nitrogens with zero attached hydrogens (tertiary/aromatic N) is 2. The van der Waals surface area contributed by atoms with Gasteiger partial charge in [-0.3, -0.25) is 4.79 Å². The van der Waals surface area contributed by atoms with E-state index in [1.165, 1.54) is 11.8 Å². The number of imidazole rings is 1. The lowest BCUT2D eigenvalue weighted by Gasteiger charge is -2.16. The number of urea groups is 1. The second-order valence-electron chi connectivity index (χ2n) is 4.46. The Morgan fingerprint density at radius 3 is 2.55 bits per heavy atom. The highest BCUT2D eigenvalue weighted by molar-refractivity contribution is 5.95. The molecular weight excluding hydrogens is 256 g/mol. The maximum atomic E-state index is 12.0. The highest BCUT2D eigenvalue weighted by atomic mass is 16.2. The molecule has 0 unspecified atom stereocenters. The zero-order valence-electron chi connectivity index (χ0n) is 11.4. The highest BCUT2D eigenvalue weighted by Gasteiger charge is 2.10. The summed E-state index contributed by atoms with van der Waals surface area (Å²) in [5.74, 6) is 0.715. The Bertz CT molecular complexity index is 590. The summed E-state index contributed by atoms with van der Waals surface area (Å²) >= 11 is 0. The van der Waals surface area contributed by atoms with Gasteiger partial charge in [-0.15, -0.1) is 0 Å². The molecule has 0 aliphatic rings. The van der Waals surface area contributed by atoms with Crippen molar-refractivity contribution in [3.63, 3.8) is 0 Å². The minimum absolute atomic E-state index is 0.00202. The quantitative estimate of drug-likeness (QED) is 0.838. The molecule has 0 saturated carbocycles. The third kappa shape index (κ3) is 3.44. The molecule has 2 amide bonds. The Morgan fingerprint density at radius 1 is 1.30 bits per heavy atom. The van der Waals surface area contributed by atoms with Crippen LogP contribution < -0.4 is 5.32 Å². The Morgan fingerprint density at radius 2 is 2.00 bits per heavy atom. The summed E-state index contributed by atoms with van der Waals surface area (Å²) in [5, 5.41) is 2.75. The van der Waals surface area contributed by atoms with E-state index in [1.54, 1.807) is 43.7 Å². The lowest BCUT2D eigenvalue weighted by molar-refractivity contribution is 0.101. The number of anilines is 1. The van der Waals surface area contributed by atoms with Gasteiger partial charge in [-0.05, 0) is 31.2 Å². The summed E-state index contributed by atoms with van der Waals surface area (Å²) in [7, 11) is 1.68. The van der Waals surface area contributed by atoms with E-state index in [0.29, 0.717) is 17.8 Å². The molecule has 1 aromatic heterocycles. The van der Waals surface area contributed by atoms with Crippen LogP contribution in [0.3, 0.4) is 0 Å². The summed E-state index contributed by atoms with van der Waals surface area (Å²) in [6, 6.07) is 6.54. The maximum absolute atomic E-state index is 12.0. The lowest BCUT2D eigenvalue weighted by Crippen LogP contribution is -2.31. The number of H-pyrrole nitrogens is 1. The number of hydrogen-bond acceptors (Lipinski definition) is 3. The van der Waals surface area contributed by atoms with Crippen LogP contribution in [-0.2, 0) is 6.54 Å². The van der Waals surface area contributed by atoms with Crippen molar-refractivity contribution in [1.29, 1.82) is 0 Å². The van der Waals surface area contributed by atoms with Gasteiger partial charge in [0.25, 0.3) is 0 Å². The standard InChI is InChI=1S/C14H16N4O2/c1-10(19)11-3-5-12(6-4-11)17-14(20)18(2)9-13-15-7-8-16-13/h3-8H,9H2,1-2H3,(H,15,16)(H,17,20). The molecule has 0 atom stereocenters. The fourth-order valence-electron chi connectivity index (χ4n) is 1.69. The summed E-state index contributed by atoms with van der Waals surface area (Å²) in [5.41, 5.74) is 1.26. The molecule has 6 heteroatoms. The molecule has 6 nitrogen and oxygen atoms in total. The Kier molecular flexibility index (Phi) is 4.14. The molecule has 0 saturated heterocycles. The number of benzene rings is 1. The van der Waals surface area contributed by atoms with Crippen molar-refractivity contribution in [1.82, 2.24) is 14.9 Å². The highest BCUT2D eigenvalue weighted by Crippen LogP contribution is 2.11. The fourth-order valence-corrected chi connectivity index (χ4v) is 1.69. The van der Waals surface area contributed by atoms with E-state index in [9.17, 15) is 9.59 Å². The number of rotatable bonds is 4. The third-order valence-corrected chi connectivity index (χ3v) is 2.83. The topological polar surface area (TPSA) is 78.1 Å². The first-order chi connectivity index (χ1) is 9.56. The van der Waals surface area contributed by atoms with Crippen LogP contribution >= 0.6 is 0 Å². The number of ketones is 1. The largest absolute Gasteiger partial charge is 0.347 e. The van der Waals surface area contributed by atoms with Crippen molar-refractivity contribution in [2.24, 2.45) is 0 Å². The number of aromatic nitrogens is 2. The second kappa shape index (κ2) is 6.01. The van der Waals surface area contributed by atoms with E-state index in [4.69, 9.17) is 0 Å². The smallest absolute Gasteiger partial charge is 0.321 e. The number of hydrogen-bond donors (Lipinski definition) is 2. The van der Waals surface area contributed by atoms with Crippen LogP contribution in [-0.4, -0.2) is 33.7 Å². The number of carbonyl (C=O) groups excluding carboxylic acids is 2. The predicted octanol–water partition coefficient (Wildman–Crippen LogP) is 2.28. The van der Waals surface area contributed by atoms with Crippen LogP contribution in [0.5, 0.6) is 0 Å². The third-order valence-electron chi connectivity index (χ3n) is 2.83. The van der Waals surface area contributed by atoms with Gasteiger partial charge in [0.2, 0.25) is 0 Å². The van der Waals surface area contributed by atoms with Crippen LogP contribution in [0.1, 0.15) is 23.1 Å². The van der Waals surface area contributed by atoms with E-state index in [-0.39, 0.29) is 11.8 Å². The molecule has 1 heterocycles. The van der Waals surface area contributed by atoms with Gasteiger partial charge in [0.15, 0.2) is 5.78 Å². The van der Waals surface area contributed by atoms with E-state index >= 15 is 0 Å². The molecule has 20 heavy (non-hydrogen) atoms. The molecule has 0 spiro atoms. The van der Waals surface area contributed by atoms with E-state index in [2.05, 4.69) is 15.3 Å². The summed E-state index contributed by atoms with van der Waals surface area (Å²) in [6.45, 7) is 1.90. The van der Waals surface area contributed by atoms with Crippen LogP contribution in [0.4, 0.5) is 10.5 Å². The van der Waals surface area contributed by atoms with Gasteiger partial charge in [-0.1, -0.05) is 0 Å². The van der Waals surface area contributed by atoms with E-state index in [0.717, 1.165) is 5.82 Å². The molecular formula is C14H16N4O2. The Balaban J connectivity index is 1.95. The first kappa shape index (κ1) is 13.8. The molecule has 104 valence electrons. The maximum Gasteiger partial charge on any atom is 0.321 e. The molecule has 0 fully saturated rings. The minimum atomic E-state index is -0.239. The number of Topliss-reactive ketones (excluding diaryl/α,β-unsaturated/α-hetero) is 1. The van der Waals surface area contributed by atoms with Gasteiger partial charge in [-0.25, -0.2) is 9.78 Å². The normalized spacial score (nSPS) is 10.1. The lowest BCUT2D eigenvalue weighted by atomic mass is 10.1. The minimum Gasteiger partial charge on any atom is -0.347 e. The van der Waals surface area contributed by atoms with Crippen LogP contribution in [0.25, 0.3) is 0 Å². The molecule has 0 bridgehead atoms. The predicted molar refractivity (Wildman–Crippen MR) is 75.5 cm³/mol. The van der Waals surface area contributed by atoms with Crippen molar-refractivity contribution in [3.8, 4) is 0 Å². The van der Waals surface area contributed by atoms with Crippen molar-refractivity contribution < 1.29 is 9.59 Å². The SMILES string of the molecule is CC(=O)c1ccc(NC(=O)N(C)Cc2ncc[nH]2)cc1. The Labute approximate surface area is 116 Å². The summed E-state index contributed by atoms with van der Waals surface area (Å²) in [6.07, 6.45) is 3.35. The summed E-state index contributed by atoms with van der Waals surface area (Å²) < 4.78 is 0. The number of aromatic amines is 1. The molecule has 2 N–H and O–H groups in total. The van der Waals surface area contributed by atoms with E-state index < -0.39 is 0 Å². The molecule has 0 aliphatic carbocycles. The van der Waals surface area contributed by atoms with Crippen LogP contribution in [0.15, 0.2) is 36.7 Å². The van der Waals surface area contributed by atoms with Crippen molar-refractivity contribution >= 4 is 17.5 Å². The first-order valence-corrected chi connectivity index (χ1v) is 6.17. The number of nitrogens with one attached hydrogen (secondary N) is 2. The fraction of sp³-hybridized carbons (Fsp3) is 0.214. The van der Waals surface area contributed by atoms with E-state index in [1.807, 2.05) is 0 Å². The average Bonchev–Trinajstić information content (AvgIpc) is 2.92. The van der Waals surface area contributed by atoms with Crippen LogP contribution in [0, 0.1) is 0 Å². The number of carbonyl (C=O) groups is 2. The number of amides is 2. The van der Waals surface area contributed by atoms with Gasteiger partial charge in [-0.2, -0.15) is 0 Å².